The predicted octanol–water partition coefficient (Wildman–Crippen LogP) is 4.50. The third-order valence-electron chi connectivity index (χ3n) is 4.53. The molecule has 1 aliphatic rings. The molecule has 0 fully saturated rings. The number of carbonyl (C=O) groups is 2. The number of fused-ring (bicyclic) bond motifs is 1. The minimum atomic E-state index is -0.438. The van der Waals surface area contributed by atoms with Gasteiger partial charge in [-0.05, 0) is 36.6 Å². The van der Waals surface area contributed by atoms with Gasteiger partial charge in [-0.1, -0.05) is 18.5 Å². The van der Waals surface area contributed by atoms with E-state index in [0.717, 1.165) is 5.56 Å². The molecule has 0 spiro atoms. The molecule has 0 unspecified atom stereocenters. The number of methoxy groups -OCH3 is 1. The highest BCUT2D eigenvalue weighted by Gasteiger charge is 2.32. The molecule has 1 N–H and O–H groups in total. The summed E-state index contributed by atoms with van der Waals surface area (Å²) >= 11 is 6.05. The number of benzene rings is 2. The molecule has 2 aromatic carbocycles. The molecule has 0 aliphatic heterocycles. The molecule has 0 bridgehead atoms. The quantitative estimate of drug-likeness (QED) is 0.814. The second-order valence-electron chi connectivity index (χ2n) is 6.50. The number of ether oxygens (including phenoxy) is 2. The van der Waals surface area contributed by atoms with E-state index in [1.54, 1.807) is 19.1 Å². The zero-order valence-electron chi connectivity index (χ0n) is 15.2. The highest BCUT2D eigenvalue weighted by Crippen LogP contribution is 2.39. The molecular formula is C20H19ClFNO4. The van der Waals surface area contributed by atoms with E-state index < -0.39 is 11.7 Å². The summed E-state index contributed by atoms with van der Waals surface area (Å²) in [4.78, 5) is 24.4. The Labute approximate surface area is 161 Å². The van der Waals surface area contributed by atoms with Gasteiger partial charge in [0.2, 0.25) is 0 Å². The minimum Gasteiger partial charge on any atom is -0.495 e. The second kappa shape index (κ2) is 7.56. The molecule has 5 nitrogen and oxygen atoms in total. The van der Waals surface area contributed by atoms with E-state index in [4.69, 9.17) is 21.1 Å². The Morgan fingerprint density at radius 2 is 2.07 bits per heavy atom. The van der Waals surface area contributed by atoms with Crippen LogP contribution in [0.2, 0.25) is 5.02 Å². The highest BCUT2D eigenvalue weighted by molar-refractivity contribution is 6.31. The summed E-state index contributed by atoms with van der Waals surface area (Å²) in [5.74, 6) is -0.609. The fourth-order valence-electron chi connectivity index (χ4n) is 3.21. The van der Waals surface area contributed by atoms with Crippen LogP contribution in [-0.2, 0) is 4.79 Å². The number of hydrogen-bond acceptors (Lipinski definition) is 4. The summed E-state index contributed by atoms with van der Waals surface area (Å²) in [6.45, 7) is 3.27. The van der Waals surface area contributed by atoms with Crippen molar-refractivity contribution in [3.05, 3.63) is 51.8 Å². The highest BCUT2D eigenvalue weighted by atomic mass is 35.5. The molecule has 3 rings (SSSR count). The molecular weight excluding hydrogens is 373 g/mol. The SMILES string of the molecule is COc1cc(Cl)c(C)cc1NC(=O)COc1ccc(F)c2c1C(=O)C[C@H]2C. The monoisotopic (exact) mass is 391 g/mol. The van der Waals surface area contributed by atoms with Gasteiger partial charge in [-0.15, -0.1) is 0 Å². The van der Waals surface area contributed by atoms with Crippen molar-refractivity contribution in [2.75, 3.05) is 19.0 Å². The van der Waals surface area contributed by atoms with Gasteiger partial charge in [-0.3, -0.25) is 9.59 Å². The van der Waals surface area contributed by atoms with Crippen LogP contribution >= 0.6 is 11.6 Å². The summed E-state index contributed by atoms with van der Waals surface area (Å²) in [7, 11) is 1.47. The third kappa shape index (κ3) is 3.76. The maximum atomic E-state index is 14.0. The summed E-state index contributed by atoms with van der Waals surface area (Å²) in [6, 6.07) is 5.94. The van der Waals surface area contributed by atoms with Crippen molar-refractivity contribution in [1.82, 2.24) is 0 Å². The van der Waals surface area contributed by atoms with E-state index in [1.807, 2.05) is 6.92 Å². The predicted molar refractivity (Wildman–Crippen MR) is 101 cm³/mol. The van der Waals surface area contributed by atoms with Crippen LogP contribution in [0, 0.1) is 12.7 Å². The molecule has 0 aromatic heterocycles. The number of Topliss-reactive ketones (excluding diaryl/α,β-unsaturated/α-hetero) is 1. The van der Waals surface area contributed by atoms with Gasteiger partial charge in [0.25, 0.3) is 5.91 Å². The average Bonchev–Trinajstić information content (AvgIpc) is 2.93. The molecule has 142 valence electrons. The minimum absolute atomic E-state index is 0.178. The third-order valence-corrected chi connectivity index (χ3v) is 4.94. The fourth-order valence-corrected chi connectivity index (χ4v) is 3.36. The van der Waals surface area contributed by atoms with Crippen LogP contribution in [0.15, 0.2) is 24.3 Å². The lowest BCUT2D eigenvalue weighted by Crippen LogP contribution is -2.21. The van der Waals surface area contributed by atoms with Crippen LogP contribution in [0.3, 0.4) is 0 Å². The normalized spacial score (nSPS) is 15.4. The van der Waals surface area contributed by atoms with Crippen LogP contribution < -0.4 is 14.8 Å². The first kappa shape index (κ1) is 19.2. The van der Waals surface area contributed by atoms with Crippen molar-refractivity contribution in [1.29, 1.82) is 0 Å². The molecule has 0 radical (unpaired) electrons. The molecule has 0 saturated heterocycles. The Hall–Kier alpha value is -2.60. The number of aryl methyl sites for hydroxylation is 1. The first-order chi connectivity index (χ1) is 12.8. The number of halogens is 2. The van der Waals surface area contributed by atoms with E-state index in [0.29, 0.717) is 22.0 Å². The second-order valence-corrected chi connectivity index (χ2v) is 6.91. The topological polar surface area (TPSA) is 64.6 Å². The summed E-state index contributed by atoms with van der Waals surface area (Å²) in [6.07, 6.45) is 0.236. The lowest BCUT2D eigenvalue weighted by Gasteiger charge is -2.14. The van der Waals surface area contributed by atoms with Crippen molar-refractivity contribution in [3.8, 4) is 11.5 Å². The van der Waals surface area contributed by atoms with Gasteiger partial charge in [-0.25, -0.2) is 4.39 Å². The number of ketones is 1. The van der Waals surface area contributed by atoms with Crippen LogP contribution in [-0.4, -0.2) is 25.4 Å². The lowest BCUT2D eigenvalue weighted by atomic mass is 10.0. The zero-order valence-corrected chi connectivity index (χ0v) is 15.9. The van der Waals surface area contributed by atoms with Crippen molar-refractivity contribution >= 4 is 29.0 Å². The Morgan fingerprint density at radius 3 is 2.78 bits per heavy atom. The largest absolute Gasteiger partial charge is 0.495 e. The first-order valence-corrected chi connectivity index (χ1v) is 8.82. The number of amides is 1. The standard InChI is InChI=1S/C20H19ClFNO4/c1-10-6-14(17(26-3)8-12(10)21)23-18(25)9-27-16-5-4-13(22)19-11(2)7-15(24)20(16)19/h4-6,8,11H,7,9H2,1-3H3,(H,23,25)/t11-/m1/s1. The van der Waals surface area contributed by atoms with E-state index in [1.165, 1.54) is 19.2 Å². The van der Waals surface area contributed by atoms with Gasteiger partial charge in [0, 0.05) is 23.1 Å². The zero-order chi connectivity index (χ0) is 19.7. The first-order valence-electron chi connectivity index (χ1n) is 8.44. The molecule has 27 heavy (non-hydrogen) atoms. The van der Waals surface area contributed by atoms with Crippen molar-refractivity contribution < 1.29 is 23.5 Å². The van der Waals surface area contributed by atoms with Gasteiger partial charge in [0.15, 0.2) is 12.4 Å². The van der Waals surface area contributed by atoms with Gasteiger partial charge in [0.1, 0.15) is 17.3 Å². The summed E-state index contributed by atoms with van der Waals surface area (Å²) in [5, 5.41) is 3.22. The Kier molecular flexibility index (Phi) is 5.37. The van der Waals surface area contributed by atoms with E-state index >= 15 is 0 Å². The van der Waals surface area contributed by atoms with Crippen LogP contribution in [0.4, 0.5) is 10.1 Å². The number of nitrogens with one attached hydrogen (secondary N) is 1. The van der Waals surface area contributed by atoms with Crippen molar-refractivity contribution in [3.63, 3.8) is 0 Å². The Bertz CT molecular complexity index is 929. The van der Waals surface area contributed by atoms with Crippen molar-refractivity contribution in [2.45, 2.75) is 26.2 Å². The molecule has 1 atom stereocenters. The van der Waals surface area contributed by atoms with Gasteiger partial charge >= 0.3 is 0 Å². The van der Waals surface area contributed by atoms with Gasteiger partial charge in [-0.2, -0.15) is 0 Å². The maximum Gasteiger partial charge on any atom is 0.262 e. The number of hydrogen-bond donors (Lipinski definition) is 1. The summed E-state index contributed by atoms with van der Waals surface area (Å²) in [5.41, 5.74) is 1.83. The number of carbonyl (C=O) groups excluding carboxylic acids is 2. The van der Waals surface area contributed by atoms with E-state index in [-0.39, 0.29) is 36.0 Å². The van der Waals surface area contributed by atoms with Crippen LogP contribution in [0.25, 0.3) is 0 Å². The van der Waals surface area contributed by atoms with Crippen molar-refractivity contribution in [2.24, 2.45) is 0 Å². The van der Waals surface area contributed by atoms with E-state index in [9.17, 15) is 14.0 Å². The van der Waals surface area contributed by atoms with Crippen LogP contribution in [0.1, 0.15) is 40.7 Å². The molecule has 7 heteroatoms. The Balaban J connectivity index is 1.75. The van der Waals surface area contributed by atoms with Crippen LogP contribution in [0.5, 0.6) is 11.5 Å². The summed E-state index contributed by atoms with van der Waals surface area (Å²) < 4.78 is 24.8. The fraction of sp³-hybridized carbons (Fsp3) is 0.300. The smallest absolute Gasteiger partial charge is 0.262 e. The average molecular weight is 392 g/mol. The van der Waals surface area contributed by atoms with Gasteiger partial charge < -0.3 is 14.8 Å². The maximum absolute atomic E-state index is 14.0. The Morgan fingerprint density at radius 1 is 1.33 bits per heavy atom. The molecule has 2 aromatic rings. The molecule has 1 amide bonds. The van der Waals surface area contributed by atoms with E-state index in [2.05, 4.69) is 5.32 Å². The lowest BCUT2D eigenvalue weighted by molar-refractivity contribution is -0.118. The molecule has 0 saturated carbocycles. The molecule has 1 aliphatic carbocycles. The number of anilines is 1. The van der Waals surface area contributed by atoms with Gasteiger partial charge in [0.05, 0.1) is 18.4 Å². The molecule has 0 heterocycles. The number of rotatable bonds is 5.